The molecular formula is C14H18N4O3. The average molecular weight is 290 g/mol. The van der Waals surface area contributed by atoms with Gasteiger partial charge in [-0.25, -0.2) is 14.3 Å². The van der Waals surface area contributed by atoms with Crippen LogP contribution in [0.2, 0.25) is 0 Å². The molecule has 2 rings (SSSR count). The Morgan fingerprint density at radius 1 is 1.33 bits per heavy atom. The summed E-state index contributed by atoms with van der Waals surface area (Å²) >= 11 is 0. The van der Waals surface area contributed by atoms with Gasteiger partial charge < -0.3 is 10.4 Å². The van der Waals surface area contributed by atoms with Gasteiger partial charge in [0.1, 0.15) is 11.6 Å². The second kappa shape index (κ2) is 5.51. The number of fused-ring (bicyclic) bond motifs is 1. The quantitative estimate of drug-likeness (QED) is 0.881. The minimum atomic E-state index is -1.06. The topological polar surface area (TPSA) is 96.6 Å². The molecule has 112 valence electrons. The largest absolute Gasteiger partial charge is 0.480 e. The van der Waals surface area contributed by atoms with Crippen molar-refractivity contribution in [3.8, 4) is 0 Å². The molecule has 0 radical (unpaired) electrons. The molecule has 2 heterocycles. The maximum Gasteiger partial charge on any atom is 0.326 e. The van der Waals surface area contributed by atoms with Crippen molar-refractivity contribution in [3.63, 3.8) is 0 Å². The molecule has 2 aromatic heterocycles. The molecule has 1 amide bonds. The molecule has 0 bridgehead atoms. The average Bonchev–Trinajstić information content (AvgIpc) is 2.78. The van der Waals surface area contributed by atoms with Crippen LogP contribution in [0.25, 0.3) is 5.65 Å². The van der Waals surface area contributed by atoms with E-state index in [0.29, 0.717) is 5.65 Å². The third-order valence-corrected chi connectivity index (χ3v) is 3.24. The van der Waals surface area contributed by atoms with E-state index in [9.17, 15) is 9.59 Å². The van der Waals surface area contributed by atoms with Gasteiger partial charge >= 0.3 is 5.97 Å². The summed E-state index contributed by atoms with van der Waals surface area (Å²) in [7, 11) is 0. The number of carboxylic acids is 1. The van der Waals surface area contributed by atoms with Crippen LogP contribution >= 0.6 is 0 Å². The molecule has 0 aliphatic rings. The van der Waals surface area contributed by atoms with Crippen molar-refractivity contribution in [1.82, 2.24) is 19.9 Å². The van der Waals surface area contributed by atoms with Crippen molar-refractivity contribution in [2.75, 3.05) is 0 Å². The number of amides is 1. The summed E-state index contributed by atoms with van der Waals surface area (Å²) in [5, 5.41) is 15.8. The number of nitrogens with one attached hydrogen (secondary N) is 1. The van der Waals surface area contributed by atoms with Gasteiger partial charge in [0.25, 0.3) is 5.91 Å². The fraction of sp³-hybridized carbons (Fsp3) is 0.429. The predicted octanol–water partition coefficient (Wildman–Crippen LogP) is 1.19. The third-order valence-electron chi connectivity index (χ3n) is 3.24. The fourth-order valence-corrected chi connectivity index (χ4v) is 2.16. The lowest BCUT2D eigenvalue weighted by Crippen LogP contribution is -2.44. The SMILES string of the molecule is Cc1cc(C)n2ncc(C(=O)N[C@H](C(=O)O)C(C)C)c2n1. The maximum atomic E-state index is 12.3. The van der Waals surface area contributed by atoms with E-state index in [2.05, 4.69) is 15.4 Å². The number of rotatable bonds is 4. The second-order valence-corrected chi connectivity index (χ2v) is 5.37. The number of carbonyl (C=O) groups is 2. The summed E-state index contributed by atoms with van der Waals surface area (Å²) in [4.78, 5) is 27.8. The Hall–Kier alpha value is -2.44. The minimum Gasteiger partial charge on any atom is -0.480 e. The molecule has 7 heteroatoms. The summed E-state index contributed by atoms with van der Waals surface area (Å²) in [6, 6.07) is 0.911. The molecule has 0 aliphatic heterocycles. The van der Waals surface area contributed by atoms with Crippen LogP contribution in [0.4, 0.5) is 0 Å². The lowest BCUT2D eigenvalue weighted by atomic mass is 10.0. The number of aromatic nitrogens is 3. The van der Waals surface area contributed by atoms with E-state index in [4.69, 9.17) is 5.11 Å². The van der Waals surface area contributed by atoms with Crippen LogP contribution in [0.5, 0.6) is 0 Å². The summed E-state index contributed by atoms with van der Waals surface area (Å²) in [5.41, 5.74) is 2.33. The Labute approximate surface area is 122 Å². The zero-order chi connectivity index (χ0) is 15.7. The fourth-order valence-electron chi connectivity index (χ4n) is 2.16. The summed E-state index contributed by atoms with van der Waals surface area (Å²) in [5.74, 6) is -1.76. The molecule has 21 heavy (non-hydrogen) atoms. The molecule has 0 aromatic carbocycles. The zero-order valence-corrected chi connectivity index (χ0v) is 12.4. The molecule has 0 aliphatic carbocycles. The van der Waals surface area contributed by atoms with Gasteiger partial charge in [-0.3, -0.25) is 4.79 Å². The van der Waals surface area contributed by atoms with Crippen LogP contribution in [0.3, 0.4) is 0 Å². The lowest BCUT2D eigenvalue weighted by molar-refractivity contribution is -0.140. The van der Waals surface area contributed by atoms with Crippen LogP contribution in [0, 0.1) is 19.8 Å². The third kappa shape index (κ3) is 2.86. The standard InChI is InChI=1S/C14H18N4O3/c1-7(2)11(14(20)21)17-13(19)10-6-15-18-9(4)5-8(3)16-12(10)18/h5-7,11H,1-4H3,(H,17,19)(H,20,21)/t11-/m0/s1. The van der Waals surface area contributed by atoms with Gasteiger partial charge in [-0.1, -0.05) is 13.8 Å². The van der Waals surface area contributed by atoms with Crippen LogP contribution in [0.1, 0.15) is 35.6 Å². The van der Waals surface area contributed by atoms with Crippen molar-refractivity contribution in [3.05, 3.63) is 29.2 Å². The van der Waals surface area contributed by atoms with E-state index in [1.165, 1.54) is 6.20 Å². The summed E-state index contributed by atoms with van der Waals surface area (Å²) < 4.78 is 1.56. The summed E-state index contributed by atoms with van der Waals surface area (Å²) in [6.07, 6.45) is 1.41. The Kier molecular flexibility index (Phi) is 3.93. The Morgan fingerprint density at radius 2 is 2.00 bits per heavy atom. The number of aryl methyl sites for hydroxylation is 2. The minimum absolute atomic E-state index is 0.218. The number of carboxylic acid groups (broad SMARTS) is 1. The smallest absolute Gasteiger partial charge is 0.326 e. The first-order valence-electron chi connectivity index (χ1n) is 6.67. The highest BCUT2D eigenvalue weighted by atomic mass is 16.4. The van der Waals surface area contributed by atoms with Gasteiger partial charge in [0.2, 0.25) is 0 Å². The highest BCUT2D eigenvalue weighted by Gasteiger charge is 2.25. The van der Waals surface area contributed by atoms with E-state index in [1.807, 2.05) is 19.9 Å². The van der Waals surface area contributed by atoms with Crippen LogP contribution in [-0.2, 0) is 4.79 Å². The Morgan fingerprint density at radius 3 is 2.57 bits per heavy atom. The summed E-state index contributed by atoms with van der Waals surface area (Å²) in [6.45, 7) is 7.17. The van der Waals surface area contributed by atoms with Gasteiger partial charge in [0.15, 0.2) is 5.65 Å². The predicted molar refractivity (Wildman–Crippen MR) is 76.2 cm³/mol. The van der Waals surface area contributed by atoms with Gasteiger partial charge in [0, 0.05) is 11.4 Å². The highest BCUT2D eigenvalue weighted by molar-refractivity contribution is 6.01. The van der Waals surface area contributed by atoms with E-state index < -0.39 is 17.9 Å². The number of hydrogen-bond acceptors (Lipinski definition) is 4. The molecule has 0 saturated heterocycles. The van der Waals surface area contributed by atoms with E-state index >= 15 is 0 Å². The molecule has 0 unspecified atom stereocenters. The van der Waals surface area contributed by atoms with Gasteiger partial charge in [0.05, 0.1) is 6.20 Å². The van der Waals surface area contributed by atoms with Crippen molar-refractivity contribution in [2.45, 2.75) is 33.7 Å². The van der Waals surface area contributed by atoms with Crippen molar-refractivity contribution < 1.29 is 14.7 Å². The molecular weight excluding hydrogens is 272 g/mol. The van der Waals surface area contributed by atoms with E-state index in [0.717, 1.165) is 11.4 Å². The van der Waals surface area contributed by atoms with E-state index in [-0.39, 0.29) is 11.5 Å². The zero-order valence-electron chi connectivity index (χ0n) is 12.4. The van der Waals surface area contributed by atoms with E-state index in [1.54, 1.807) is 18.4 Å². The molecule has 7 nitrogen and oxygen atoms in total. The Balaban J connectivity index is 2.38. The van der Waals surface area contributed by atoms with Crippen molar-refractivity contribution in [1.29, 1.82) is 0 Å². The normalized spacial score (nSPS) is 12.6. The maximum absolute atomic E-state index is 12.3. The van der Waals surface area contributed by atoms with Crippen LogP contribution < -0.4 is 5.32 Å². The first kappa shape index (κ1) is 15.0. The molecule has 0 saturated carbocycles. The van der Waals surface area contributed by atoms with Crippen LogP contribution in [0.15, 0.2) is 12.3 Å². The number of hydrogen-bond donors (Lipinski definition) is 2. The number of aliphatic carboxylic acids is 1. The van der Waals surface area contributed by atoms with Gasteiger partial charge in [-0.2, -0.15) is 5.10 Å². The first-order chi connectivity index (χ1) is 9.81. The Bertz CT molecular complexity index is 706. The number of carbonyl (C=O) groups excluding carboxylic acids is 1. The van der Waals surface area contributed by atoms with Gasteiger partial charge in [-0.15, -0.1) is 0 Å². The number of nitrogens with zero attached hydrogens (tertiary/aromatic N) is 3. The van der Waals surface area contributed by atoms with Gasteiger partial charge in [-0.05, 0) is 25.8 Å². The van der Waals surface area contributed by atoms with Crippen molar-refractivity contribution >= 4 is 17.5 Å². The lowest BCUT2D eigenvalue weighted by Gasteiger charge is -2.17. The molecule has 2 aromatic rings. The molecule has 0 fully saturated rings. The molecule has 2 N–H and O–H groups in total. The van der Waals surface area contributed by atoms with Crippen molar-refractivity contribution in [2.24, 2.45) is 5.92 Å². The highest BCUT2D eigenvalue weighted by Crippen LogP contribution is 2.13. The van der Waals surface area contributed by atoms with Crippen LogP contribution in [-0.4, -0.2) is 37.6 Å². The monoisotopic (exact) mass is 290 g/mol. The first-order valence-corrected chi connectivity index (χ1v) is 6.67. The molecule has 1 atom stereocenters. The second-order valence-electron chi connectivity index (χ2n) is 5.37. The molecule has 0 spiro atoms.